The zero-order valence-corrected chi connectivity index (χ0v) is 12.4. The molecule has 20 heavy (non-hydrogen) atoms. The number of hydrogen-bond donors (Lipinski definition) is 1. The van der Waals surface area contributed by atoms with Crippen LogP contribution in [0.3, 0.4) is 0 Å². The lowest BCUT2D eigenvalue weighted by Gasteiger charge is -2.07. The number of aryl methyl sites for hydroxylation is 1. The summed E-state index contributed by atoms with van der Waals surface area (Å²) in [5, 5.41) is 0. The van der Waals surface area contributed by atoms with Crippen molar-refractivity contribution in [3.05, 3.63) is 35.7 Å². The highest BCUT2D eigenvalue weighted by Crippen LogP contribution is 2.40. The molecule has 0 atom stereocenters. The molecule has 1 saturated carbocycles. The van der Waals surface area contributed by atoms with Crippen LogP contribution in [0.15, 0.2) is 24.3 Å². The topological polar surface area (TPSA) is 43.8 Å². The van der Waals surface area contributed by atoms with E-state index in [1.165, 1.54) is 18.4 Å². The minimum atomic E-state index is 0.797. The Morgan fingerprint density at radius 3 is 2.45 bits per heavy atom. The van der Waals surface area contributed by atoms with Gasteiger partial charge in [-0.25, -0.2) is 4.98 Å². The lowest BCUT2D eigenvalue weighted by atomic mass is 10.1. The standard InChI is InChI=1S/C17H23N3/c1-3-11-20-15(4-2)19-16(17(20)18)14-9-7-13(8-10-14)12-5-6-12/h7-10,12H,3-6,11,18H2,1-2H3. The quantitative estimate of drug-likeness (QED) is 0.892. The van der Waals surface area contributed by atoms with E-state index in [1.54, 1.807) is 0 Å². The summed E-state index contributed by atoms with van der Waals surface area (Å²) in [6.07, 6.45) is 4.68. The van der Waals surface area contributed by atoms with Crippen molar-refractivity contribution in [2.24, 2.45) is 0 Å². The van der Waals surface area contributed by atoms with E-state index in [2.05, 4.69) is 42.7 Å². The zero-order valence-electron chi connectivity index (χ0n) is 12.4. The van der Waals surface area contributed by atoms with Gasteiger partial charge in [0.1, 0.15) is 17.3 Å². The van der Waals surface area contributed by atoms with Crippen LogP contribution in [0, 0.1) is 0 Å². The highest BCUT2D eigenvalue weighted by atomic mass is 15.1. The Labute approximate surface area is 120 Å². The summed E-state index contributed by atoms with van der Waals surface area (Å²) in [7, 11) is 0. The van der Waals surface area contributed by atoms with E-state index in [4.69, 9.17) is 10.7 Å². The molecule has 1 aliphatic carbocycles. The third-order valence-corrected chi connectivity index (χ3v) is 4.08. The van der Waals surface area contributed by atoms with Crippen molar-refractivity contribution in [3.8, 4) is 11.3 Å². The summed E-state index contributed by atoms with van der Waals surface area (Å²) in [5.74, 6) is 2.69. The number of nitrogen functional groups attached to an aromatic ring is 1. The molecule has 0 amide bonds. The zero-order chi connectivity index (χ0) is 14.1. The molecule has 0 aliphatic heterocycles. The first-order valence-corrected chi connectivity index (χ1v) is 7.69. The summed E-state index contributed by atoms with van der Waals surface area (Å²) in [6, 6.07) is 8.80. The Hall–Kier alpha value is -1.77. The van der Waals surface area contributed by atoms with Gasteiger partial charge in [-0.1, -0.05) is 38.1 Å². The third-order valence-electron chi connectivity index (χ3n) is 4.08. The largest absolute Gasteiger partial charge is 0.383 e. The average Bonchev–Trinajstić information content (AvgIpc) is 3.27. The fraction of sp³-hybridized carbons (Fsp3) is 0.471. The van der Waals surface area contributed by atoms with Crippen molar-refractivity contribution in [1.82, 2.24) is 9.55 Å². The smallest absolute Gasteiger partial charge is 0.131 e. The summed E-state index contributed by atoms with van der Waals surface area (Å²) < 4.78 is 2.16. The summed E-state index contributed by atoms with van der Waals surface area (Å²) in [6.45, 7) is 5.25. The van der Waals surface area contributed by atoms with E-state index in [-0.39, 0.29) is 0 Å². The Kier molecular flexibility index (Phi) is 3.51. The van der Waals surface area contributed by atoms with Crippen molar-refractivity contribution in [2.75, 3.05) is 5.73 Å². The van der Waals surface area contributed by atoms with Gasteiger partial charge in [0.25, 0.3) is 0 Å². The van der Waals surface area contributed by atoms with Crippen molar-refractivity contribution >= 4 is 5.82 Å². The predicted octanol–water partition coefficient (Wildman–Crippen LogP) is 3.98. The van der Waals surface area contributed by atoms with Crippen LogP contribution in [-0.2, 0) is 13.0 Å². The number of nitrogens with zero attached hydrogens (tertiary/aromatic N) is 2. The second-order valence-corrected chi connectivity index (χ2v) is 5.66. The molecule has 0 saturated heterocycles. The summed E-state index contributed by atoms with van der Waals surface area (Å²) in [5.41, 5.74) is 9.84. The maximum atomic E-state index is 6.31. The maximum absolute atomic E-state index is 6.31. The van der Waals surface area contributed by atoms with Crippen LogP contribution < -0.4 is 5.73 Å². The van der Waals surface area contributed by atoms with Gasteiger partial charge in [-0.15, -0.1) is 0 Å². The highest BCUT2D eigenvalue weighted by molar-refractivity contribution is 5.71. The van der Waals surface area contributed by atoms with Gasteiger partial charge in [0.2, 0.25) is 0 Å². The lowest BCUT2D eigenvalue weighted by Crippen LogP contribution is -2.06. The molecule has 0 bridgehead atoms. The molecule has 1 aromatic heterocycles. The Morgan fingerprint density at radius 1 is 1.20 bits per heavy atom. The Morgan fingerprint density at radius 2 is 1.90 bits per heavy atom. The Bertz CT molecular complexity index is 591. The molecule has 1 aromatic carbocycles. The average molecular weight is 269 g/mol. The van der Waals surface area contributed by atoms with Crippen LogP contribution in [0.2, 0.25) is 0 Å². The van der Waals surface area contributed by atoms with Crippen LogP contribution in [0.25, 0.3) is 11.3 Å². The molecule has 3 nitrogen and oxygen atoms in total. The van der Waals surface area contributed by atoms with Gasteiger partial charge in [0.05, 0.1) is 0 Å². The van der Waals surface area contributed by atoms with Crippen LogP contribution in [0.4, 0.5) is 5.82 Å². The number of rotatable bonds is 5. The number of aromatic nitrogens is 2. The molecule has 3 heteroatoms. The Balaban J connectivity index is 1.96. The van der Waals surface area contributed by atoms with E-state index in [1.807, 2.05) is 0 Å². The van der Waals surface area contributed by atoms with Gasteiger partial charge in [-0.3, -0.25) is 0 Å². The highest BCUT2D eigenvalue weighted by Gasteiger charge is 2.23. The summed E-state index contributed by atoms with van der Waals surface area (Å²) >= 11 is 0. The van der Waals surface area contributed by atoms with Crippen molar-refractivity contribution in [1.29, 1.82) is 0 Å². The van der Waals surface area contributed by atoms with Gasteiger partial charge in [-0.2, -0.15) is 0 Å². The van der Waals surface area contributed by atoms with Crippen LogP contribution in [-0.4, -0.2) is 9.55 Å². The second-order valence-electron chi connectivity index (χ2n) is 5.66. The minimum Gasteiger partial charge on any atom is -0.383 e. The number of nitrogens with two attached hydrogens (primary N) is 1. The van der Waals surface area contributed by atoms with E-state index in [9.17, 15) is 0 Å². The van der Waals surface area contributed by atoms with Gasteiger partial charge in [-0.05, 0) is 30.7 Å². The maximum Gasteiger partial charge on any atom is 0.131 e. The molecule has 2 aromatic rings. The van der Waals surface area contributed by atoms with Gasteiger partial charge in [0, 0.05) is 18.5 Å². The summed E-state index contributed by atoms with van der Waals surface area (Å²) in [4.78, 5) is 4.75. The van der Waals surface area contributed by atoms with Crippen LogP contribution in [0.1, 0.15) is 50.4 Å². The van der Waals surface area contributed by atoms with Crippen molar-refractivity contribution in [2.45, 2.75) is 52.0 Å². The second kappa shape index (κ2) is 5.31. The molecule has 1 fully saturated rings. The van der Waals surface area contributed by atoms with E-state index in [0.29, 0.717) is 0 Å². The number of anilines is 1. The van der Waals surface area contributed by atoms with E-state index >= 15 is 0 Å². The number of benzene rings is 1. The first kappa shape index (κ1) is 13.2. The number of imidazole rings is 1. The molecule has 1 heterocycles. The minimum absolute atomic E-state index is 0.797. The fourth-order valence-electron chi connectivity index (χ4n) is 2.80. The molecular formula is C17H23N3. The van der Waals surface area contributed by atoms with Gasteiger partial charge >= 0.3 is 0 Å². The molecule has 106 valence electrons. The van der Waals surface area contributed by atoms with Crippen molar-refractivity contribution in [3.63, 3.8) is 0 Å². The molecule has 0 radical (unpaired) electrons. The third kappa shape index (κ3) is 2.33. The van der Waals surface area contributed by atoms with Crippen LogP contribution >= 0.6 is 0 Å². The lowest BCUT2D eigenvalue weighted by molar-refractivity contribution is 0.650. The molecule has 1 aliphatic rings. The van der Waals surface area contributed by atoms with Gasteiger partial charge < -0.3 is 10.3 Å². The molecular weight excluding hydrogens is 246 g/mol. The normalized spacial score (nSPS) is 14.7. The van der Waals surface area contributed by atoms with Crippen LogP contribution in [0.5, 0.6) is 0 Å². The molecule has 3 rings (SSSR count). The first-order chi connectivity index (χ1) is 9.74. The number of hydrogen-bond acceptors (Lipinski definition) is 2. The monoisotopic (exact) mass is 269 g/mol. The molecule has 2 N–H and O–H groups in total. The molecule has 0 unspecified atom stereocenters. The first-order valence-electron chi connectivity index (χ1n) is 7.69. The molecule has 0 spiro atoms. The predicted molar refractivity (Wildman–Crippen MR) is 83.7 cm³/mol. The fourth-order valence-corrected chi connectivity index (χ4v) is 2.80. The van der Waals surface area contributed by atoms with E-state index in [0.717, 1.165) is 48.2 Å². The van der Waals surface area contributed by atoms with Crippen molar-refractivity contribution < 1.29 is 0 Å². The van der Waals surface area contributed by atoms with Gasteiger partial charge in [0.15, 0.2) is 0 Å². The van der Waals surface area contributed by atoms with E-state index < -0.39 is 0 Å². The SMILES string of the molecule is CCCn1c(CC)nc(-c2ccc(C3CC3)cc2)c1N.